The third-order valence-corrected chi connectivity index (χ3v) is 5.16. The van der Waals surface area contributed by atoms with Crippen LogP contribution in [0.3, 0.4) is 0 Å². The fraction of sp³-hybridized carbons (Fsp3) is 0.0769. The first kappa shape index (κ1) is 17.9. The maximum Gasteiger partial charge on any atom is 0.0500 e. The number of hydrogen-bond acceptors (Lipinski definition) is 2. The number of hydrogen-bond donors (Lipinski definition) is 2. The number of anilines is 2. The molecule has 0 unspecified atom stereocenters. The molecule has 138 valence electrons. The predicted octanol–water partition coefficient (Wildman–Crippen LogP) is 6.47. The van der Waals surface area contributed by atoms with E-state index >= 15 is 0 Å². The summed E-state index contributed by atoms with van der Waals surface area (Å²) in [6, 6.07) is 29.2. The van der Waals surface area contributed by atoms with E-state index in [0.29, 0.717) is 11.4 Å². The van der Waals surface area contributed by atoms with Gasteiger partial charge in [0.05, 0.1) is 5.69 Å². The molecule has 0 radical (unpaired) electrons. The van der Waals surface area contributed by atoms with Crippen LogP contribution in [0.5, 0.6) is 0 Å². The Balaban J connectivity index is 2.03. The summed E-state index contributed by atoms with van der Waals surface area (Å²) in [5.41, 5.74) is 23.3. The molecule has 0 aliphatic heterocycles. The van der Waals surface area contributed by atoms with E-state index in [1.54, 1.807) is 0 Å². The van der Waals surface area contributed by atoms with Gasteiger partial charge in [-0.05, 0) is 42.2 Å². The summed E-state index contributed by atoms with van der Waals surface area (Å²) < 4.78 is 0. The minimum absolute atomic E-state index is 0.691. The third-order valence-electron chi connectivity index (χ3n) is 5.16. The minimum Gasteiger partial charge on any atom is -0.398 e. The van der Waals surface area contributed by atoms with Crippen LogP contribution in [-0.4, -0.2) is 0 Å². The molecule has 0 amide bonds. The highest BCUT2D eigenvalue weighted by Gasteiger charge is 2.18. The fourth-order valence-corrected chi connectivity index (χ4v) is 3.64. The molecule has 4 aromatic carbocycles. The van der Waals surface area contributed by atoms with Crippen molar-refractivity contribution in [3.05, 3.63) is 96.1 Å². The average Bonchev–Trinajstić information content (AvgIpc) is 2.71. The summed E-state index contributed by atoms with van der Waals surface area (Å²) in [4.78, 5) is 0. The Morgan fingerprint density at radius 2 is 1.04 bits per heavy atom. The zero-order valence-corrected chi connectivity index (χ0v) is 16.2. The van der Waals surface area contributed by atoms with Crippen molar-refractivity contribution in [2.24, 2.45) is 0 Å². The van der Waals surface area contributed by atoms with Gasteiger partial charge in [-0.15, -0.1) is 0 Å². The first-order valence-corrected chi connectivity index (χ1v) is 9.46. The minimum atomic E-state index is 0.691. The third kappa shape index (κ3) is 3.25. The lowest BCUT2D eigenvalue weighted by Crippen LogP contribution is -2.02. The lowest BCUT2D eigenvalue weighted by molar-refractivity contribution is 1.46. The number of nitrogens with two attached hydrogens (primary N) is 2. The molecule has 0 fully saturated rings. The summed E-state index contributed by atoms with van der Waals surface area (Å²) in [5, 5.41) is 0. The van der Waals surface area contributed by atoms with E-state index in [4.69, 9.17) is 11.5 Å². The van der Waals surface area contributed by atoms with Gasteiger partial charge in [0, 0.05) is 16.8 Å². The Hall–Kier alpha value is -3.52. The monoisotopic (exact) mass is 364 g/mol. The first-order valence-electron chi connectivity index (χ1n) is 9.46. The number of rotatable bonds is 3. The molecular weight excluding hydrogens is 340 g/mol. The quantitative estimate of drug-likeness (QED) is 0.409. The van der Waals surface area contributed by atoms with Gasteiger partial charge in [0.25, 0.3) is 0 Å². The van der Waals surface area contributed by atoms with Crippen LogP contribution in [0.1, 0.15) is 11.1 Å². The highest BCUT2D eigenvalue weighted by Crippen LogP contribution is 2.45. The summed E-state index contributed by atoms with van der Waals surface area (Å²) in [7, 11) is 0. The van der Waals surface area contributed by atoms with Gasteiger partial charge < -0.3 is 11.5 Å². The van der Waals surface area contributed by atoms with Crippen molar-refractivity contribution in [1.29, 1.82) is 0 Å². The van der Waals surface area contributed by atoms with Crippen molar-refractivity contribution in [2.75, 3.05) is 11.5 Å². The second-order valence-electron chi connectivity index (χ2n) is 7.28. The Labute approximate surface area is 166 Å². The molecule has 0 aromatic heterocycles. The molecule has 2 nitrogen and oxygen atoms in total. The summed E-state index contributed by atoms with van der Waals surface area (Å²) in [6.07, 6.45) is 0. The molecule has 0 saturated heterocycles. The fourth-order valence-electron chi connectivity index (χ4n) is 3.64. The van der Waals surface area contributed by atoms with Gasteiger partial charge in [0.15, 0.2) is 0 Å². The van der Waals surface area contributed by atoms with Crippen LogP contribution in [0.4, 0.5) is 11.4 Å². The van der Waals surface area contributed by atoms with Crippen molar-refractivity contribution in [3.63, 3.8) is 0 Å². The zero-order valence-electron chi connectivity index (χ0n) is 16.2. The van der Waals surface area contributed by atoms with Gasteiger partial charge in [0.1, 0.15) is 0 Å². The van der Waals surface area contributed by atoms with Gasteiger partial charge in [0.2, 0.25) is 0 Å². The highest BCUT2D eigenvalue weighted by molar-refractivity contribution is 6.02. The standard InChI is InChI=1S/C26H24N2/c1-17-8-12-20(13-9-17)24-22(19-6-4-3-5-7-19)16-23(27)25(26(24)28)21-14-10-18(2)11-15-21/h3-16H,27-28H2,1-2H3. The van der Waals surface area contributed by atoms with Crippen LogP contribution in [0.2, 0.25) is 0 Å². The van der Waals surface area contributed by atoms with Crippen molar-refractivity contribution in [2.45, 2.75) is 13.8 Å². The Kier molecular flexibility index (Phi) is 4.62. The molecule has 4 N–H and O–H groups in total. The average molecular weight is 364 g/mol. The maximum atomic E-state index is 6.78. The number of benzene rings is 4. The van der Waals surface area contributed by atoms with Crippen molar-refractivity contribution in [1.82, 2.24) is 0 Å². The van der Waals surface area contributed by atoms with Crippen LogP contribution >= 0.6 is 0 Å². The molecule has 28 heavy (non-hydrogen) atoms. The highest BCUT2D eigenvalue weighted by atomic mass is 14.6. The van der Waals surface area contributed by atoms with Gasteiger partial charge in [-0.2, -0.15) is 0 Å². The molecule has 0 atom stereocenters. The number of aryl methyl sites for hydroxylation is 2. The Bertz CT molecular complexity index is 1110. The lowest BCUT2D eigenvalue weighted by atomic mass is 9.87. The van der Waals surface area contributed by atoms with Gasteiger partial charge >= 0.3 is 0 Å². The van der Waals surface area contributed by atoms with E-state index in [0.717, 1.165) is 33.4 Å². The first-order chi connectivity index (χ1) is 13.5. The van der Waals surface area contributed by atoms with Crippen LogP contribution in [-0.2, 0) is 0 Å². The molecule has 2 heteroatoms. The van der Waals surface area contributed by atoms with Crippen molar-refractivity contribution >= 4 is 11.4 Å². The molecule has 4 rings (SSSR count). The second kappa shape index (κ2) is 7.24. The van der Waals surface area contributed by atoms with Gasteiger partial charge in [-0.1, -0.05) is 90.0 Å². The summed E-state index contributed by atoms with van der Waals surface area (Å²) in [5.74, 6) is 0. The molecular formula is C26H24N2. The summed E-state index contributed by atoms with van der Waals surface area (Å²) >= 11 is 0. The van der Waals surface area contributed by atoms with E-state index in [9.17, 15) is 0 Å². The van der Waals surface area contributed by atoms with Gasteiger partial charge in [-0.3, -0.25) is 0 Å². The van der Waals surface area contributed by atoms with E-state index in [2.05, 4.69) is 80.6 Å². The second-order valence-corrected chi connectivity index (χ2v) is 7.28. The topological polar surface area (TPSA) is 52.0 Å². The smallest absolute Gasteiger partial charge is 0.0500 e. The molecule has 0 spiro atoms. The molecule has 0 bridgehead atoms. The van der Waals surface area contributed by atoms with E-state index in [1.807, 2.05) is 18.2 Å². The number of nitrogen functional groups attached to an aromatic ring is 2. The molecule has 0 aliphatic rings. The molecule has 0 saturated carbocycles. The van der Waals surface area contributed by atoms with Gasteiger partial charge in [-0.25, -0.2) is 0 Å². The van der Waals surface area contributed by atoms with Crippen molar-refractivity contribution in [3.8, 4) is 33.4 Å². The van der Waals surface area contributed by atoms with E-state index in [-0.39, 0.29) is 0 Å². The normalized spacial score (nSPS) is 10.8. The molecule has 0 heterocycles. The molecule has 4 aromatic rings. The Morgan fingerprint density at radius 3 is 1.57 bits per heavy atom. The van der Waals surface area contributed by atoms with Crippen LogP contribution < -0.4 is 11.5 Å². The molecule has 0 aliphatic carbocycles. The maximum absolute atomic E-state index is 6.78. The van der Waals surface area contributed by atoms with Crippen LogP contribution in [0.25, 0.3) is 33.4 Å². The predicted molar refractivity (Wildman–Crippen MR) is 121 cm³/mol. The SMILES string of the molecule is Cc1ccc(-c2c(N)cc(-c3ccccc3)c(-c3ccc(C)cc3)c2N)cc1. The van der Waals surface area contributed by atoms with E-state index in [1.165, 1.54) is 11.1 Å². The van der Waals surface area contributed by atoms with E-state index < -0.39 is 0 Å². The Morgan fingerprint density at radius 1 is 0.536 bits per heavy atom. The zero-order chi connectivity index (χ0) is 19.7. The summed E-state index contributed by atoms with van der Waals surface area (Å²) in [6.45, 7) is 4.17. The van der Waals surface area contributed by atoms with Crippen molar-refractivity contribution < 1.29 is 0 Å². The van der Waals surface area contributed by atoms with Crippen LogP contribution in [0.15, 0.2) is 84.9 Å². The lowest BCUT2D eigenvalue weighted by Gasteiger charge is -2.20. The largest absolute Gasteiger partial charge is 0.398 e. The van der Waals surface area contributed by atoms with Crippen LogP contribution in [0, 0.1) is 13.8 Å².